The summed E-state index contributed by atoms with van der Waals surface area (Å²) in [4.78, 5) is 17.2. The van der Waals surface area contributed by atoms with Gasteiger partial charge in [-0.15, -0.1) is 0 Å². The highest BCUT2D eigenvalue weighted by atomic mass is 16.5. The number of carbonyl (C=O) groups is 1. The first-order chi connectivity index (χ1) is 16.3. The van der Waals surface area contributed by atoms with Gasteiger partial charge in [-0.1, -0.05) is 42.5 Å². The molecule has 3 aromatic rings. The second-order valence-electron chi connectivity index (χ2n) is 8.92. The van der Waals surface area contributed by atoms with Crippen molar-refractivity contribution in [1.82, 2.24) is 4.90 Å². The van der Waals surface area contributed by atoms with Crippen LogP contribution in [0.5, 0.6) is 11.5 Å². The molecular formula is C29H36N2O3. The van der Waals surface area contributed by atoms with Crippen LogP contribution in [0, 0.1) is 0 Å². The van der Waals surface area contributed by atoms with Gasteiger partial charge in [0, 0.05) is 43.0 Å². The monoisotopic (exact) mass is 460 g/mol. The van der Waals surface area contributed by atoms with Crippen LogP contribution in [0.15, 0.2) is 72.8 Å². The summed E-state index contributed by atoms with van der Waals surface area (Å²) >= 11 is 0. The number of hydrogen-bond acceptors (Lipinski definition) is 4. The normalized spacial score (nSPS) is 11.2. The van der Waals surface area contributed by atoms with Gasteiger partial charge >= 0.3 is 0 Å². The van der Waals surface area contributed by atoms with E-state index in [0.29, 0.717) is 35.8 Å². The van der Waals surface area contributed by atoms with E-state index in [1.807, 2.05) is 60.7 Å². The number of amides is 1. The molecule has 0 radical (unpaired) electrons. The van der Waals surface area contributed by atoms with Crippen LogP contribution in [0.25, 0.3) is 11.1 Å². The molecule has 0 aliphatic rings. The highest BCUT2D eigenvalue weighted by molar-refractivity contribution is 6.06. The maximum atomic E-state index is 13.2. The van der Waals surface area contributed by atoms with Gasteiger partial charge in [0.1, 0.15) is 6.61 Å². The average molecular weight is 461 g/mol. The number of hydrogen-bond donors (Lipinski definition) is 0. The van der Waals surface area contributed by atoms with Gasteiger partial charge in [-0.25, -0.2) is 0 Å². The summed E-state index contributed by atoms with van der Waals surface area (Å²) in [5.74, 6) is 1.20. The largest absolute Gasteiger partial charge is 0.493 e. The fourth-order valence-electron chi connectivity index (χ4n) is 4.11. The lowest BCUT2D eigenvalue weighted by atomic mass is 10.0. The van der Waals surface area contributed by atoms with Crippen molar-refractivity contribution in [1.29, 1.82) is 0 Å². The van der Waals surface area contributed by atoms with Crippen molar-refractivity contribution in [2.75, 3.05) is 32.2 Å². The van der Waals surface area contributed by atoms with Gasteiger partial charge in [-0.05, 0) is 63.1 Å². The molecule has 5 nitrogen and oxygen atoms in total. The van der Waals surface area contributed by atoms with Crippen molar-refractivity contribution in [2.45, 2.75) is 39.8 Å². The smallest absolute Gasteiger partial charge is 0.258 e. The number of ether oxygens (including phenoxy) is 2. The van der Waals surface area contributed by atoms with Gasteiger partial charge in [0.25, 0.3) is 5.91 Å². The van der Waals surface area contributed by atoms with Crippen LogP contribution in [-0.4, -0.2) is 50.2 Å². The van der Waals surface area contributed by atoms with E-state index >= 15 is 0 Å². The molecule has 34 heavy (non-hydrogen) atoms. The molecule has 0 atom stereocenters. The molecule has 0 fully saturated rings. The molecule has 0 heterocycles. The van der Waals surface area contributed by atoms with E-state index in [2.05, 4.69) is 44.7 Å². The van der Waals surface area contributed by atoms with Gasteiger partial charge in [0.05, 0.1) is 7.11 Å². The van der Waals surface area contributed by atoms with Gasteiger partial charge < -0.3 is 14.4 Å². The van der Waals surface area contributed by atoms with E-state index in [0.717, 1.165) is 23.4 Å². The number of nitrogens with zero attached hydrogens (tertiary/aromatic N) is 2. The minimum atomic E-state index is -0.0819. The molecule has 0 saturated heterocycles. The molecule has 0 N–H and O–H groups in total. The van der Waals surface area contributed by atoms with Gasteiger partial charge in [0.15, 0.2) is 11.5 Å². The Labute approximate surface area is 203 Å². The zero-order valence-corrected chi connectivity index (χ0v) is 21.1. The van der Waals surface area contributed by atoms with E-state index in [1.54, 1.807) is 19.1 Å². The third-order valence-electron chi connectivity index (χ3n) is 6.01. The second kappa shape index (κ2) is 11.7. The van der Waals surface area contributed by atoms with E-state index in [-0.39, 0.29) is 5.91 Å². The first-order valence-corrected chi connectivity index (χ1v) is 11.8. The molecule has 1 amide bonds. The van der Waals surface area contributed by atoms with Crippen molar-refractivity contribution in [3.63, 3.8) is 0 Å². The minimum absolute atomic E-state index is 0.0819. The molecule has 0 aliphatic heterocycles. The fraction of sp³-hybridized carbons (Fsp3) is 0.345. The molecule has 3 rings (SSSR count). The molecule has 0 aliphatic carbocycles. The summed E-state index contributed by atoms with van der Waals surface area (Å²) in [6.45, 7) is 10.1. The van der Waals surface area contributed by atoms with Crippen LogP contribution in [0.1, 0.15) is 38.1 Å². The molecule has 3 aromatic carbocycles. The highest BCUT2D eigenvalue weighted by Gasteiger charge is 2.17. The Hall–Kier alpha value is -3.31. The Bertz CT molecular complexity index is 1050. The van der Waals surface area contributed by atoms with E-state index in [9.17, 15) is 4.79 Å². The zero-order chi connectivity index (χ0) is 24.7. The van der Waals surface area contributed by atoms with Crippen molar-refractivity contribution in [3.8, 4) is 22.6 Å². The topological polar surface area (TPSA) is 42.0 Å². The van der Waals surface area contributed by atoms with Gasteiger partial charge in [0.2, 0.25) is 0 Å². The average Bonchev–Trinajstić information content (AvgIpc) is 2.85. The Morgan fingerprint density at radius 3 is 2.03 bits per heavy atom. The minimum Gasteiger partial charge on any atom is -0.493 e. The SMILES string of the molecule is COc1ccc(N(C)C(=O)c2ccc(-c3ccccc3)cc2)cc1OCCN(C(C)C)C(C)C. The summed E-state index contributed by atoms with van der Waals surface area (Å²) in [6.07, 6.45) is 0. The third kappa shape index (κ3) is 6.17. The summed E-state index contributed by atoms with van der Waals surface area (Å²) in [6, 6.07) is 24.3. The first kappa shape index (κ1) is 25.3. The molecular weight excluding hydrogens is 424 g/mol. The fourth-order valence-corrected chi connectivity index (χ4v) is 4.11. The number of benzene rings is 3. The van der Waals surface area contributed by atoms with E-state index < -0.39 is 0 Å². The molecule has 0 unspecified atom stereocenters. The van der Waals surface area contributed by atoms with Crippen molar-refractivity contribution in [3.05, 3.63) is 78.4 Å². The molecule has 180 valence electrons. The van der Waals surface area contributed by atoms with Crippen molar-refractivity contribution in [2.24, 2.45) is 0 Å². The van der Waals surface area contributed by atoms with Crippen LogP contribution in [-0.2, 0) is 0 Å². The molecule has 0 saturated carbocycles. The summed E-state index contributed by atoms with van der Waals surface area (Å²) in [5, 5.41) is 0. The van der Waals surface area contributed by atoms with E-state index in [1.165, 1.54) is 0 Å². The third-order valence-corrected chi connectivity index (χ3v) is 6.01. The molecule has 5 heteroatoms. The van der Waals surface area contributed by atoms with E-state index in [4.69, 9.17) is 9.47 Å². The Morgan fingerprint density at radius 2 is 1.44 bits per heavy atom. The summed E-state index contributed by atoms with van der Waals surface area (Å²) in [5.41, 5.74) is 3.58. The van der Waals surface area contributed by atoms with Crippen LogP contribution >= 0.6 is 0 Å². The molecule has 0 spiro atoms. The van der Waals surface area contributed by atoms with Crippen molar-refractivity contribution >= 4 is 11.6 Å². The predicted octanol–water partition coefficient (Wildman–Crippen LogP) is 6.14. The standard InChI is InChI=1S/C29H36N2O3/c1-21(2)31(22(3)4)18-19-34-28-20-26(16-17-27(28)33-6)30(5)29(32)25-14-12-24(13-15-25)23-10-8-7-9-11-23/h7-17,20-22H,18-19H2,1-6H3. The van der Waals surface area contributed by atoms with Crippen molar-refractivity contribution < 1.29 is 14.3 Å². The highest BCUT2D eigenvalue weighted by Crippen LogP contribution is 2.32. The quantitative estimate of drug-likeness (QED) is 0.365. The maximum absolute atomic E-state index is 13.2. The van der Waals surface area contributed by atoms with Crippen LogP contribution in [0.2, 0.25) is 0 Å². The van der Waals surface area contributed by atoms with Crippen LogP contribution in [0.3, 0.4) is 0 Å². The number of methoxy groups -OCH3 is 1. The Balaban J connectivity index is 1.72. The van der Waals surface area contributed by atoms with Crippen LogP contribution < -0.4 is 14.4 Å². The van der Waals surface area contributed by atoms with Gasteiger partial charge in [-0.2, -0.15) is 0 Å². The lowest BCUT2D eigenvalue weighted by Crippen LogP contribution is -2.39. The molecule has 0 aromatic heterocycles. The lowest BCUT2D eigenvalue weighted by molar-refractivity contribution is 0.0993. The molecule has 0 bridgehead atoms. The number of rotatable bonds is 10. The number of carbonyl (C=O) groups excluding carboxylic acids is 1. The summed E-state index contributed by atoms with van der Waals surface area (Å²) in [7, 11) is 3.40. The first-order valence-electron chi connectivity index (χ1n) is 11.8. The predicted molar refractivity (Wildman–Crippen MR) is 140 cm³/mol. The Kier molecular flexibility index (Phi) is 8.72. The maximum Gasteiger partial charge on any atom is 0.258 e. The van der Waals surface area contributed by atoms with Gasteiger partial charge in [-0.3, -0.25) is 9.69 Å². The number of anilines is 1. The second-order valence-corrected chi connectivity index (χ2v) is 8.92. The Morgan fingerprint density at radius 1 is 0.824 bits per heavy atom. The zero-order valence-electron chi connectivity index (χ0n) is 21.1. The van der Waals surface area contributed by atoms with Crippen LogP contribution in [0.4, 0.5) is 5.69 Å². The summed E-state index contributed by atoms with van der Waals surface area (Å²) < 4.78 is 11.6. The lowest BCUT2D eigenvalue weighted by Gasteiger charge is -2.30.